The normalized spacial score (nSPS) is 13.7. The molecule has 33 heavy (non-hydrogen) atoms. The van der Waals surface area contributed by atoms with Gasteiger partial charge in [0.15, 0.2) is 0 Å². The quantitative estimate of drug-likeness (QED) is 0.437. The summed E-state index contributed by atoms with van der Waals surface area (Å²) in [5.74, 6) is -0.221. The highest BCUT2D eigenvalue weighted by molar-refractivity contribution is 5.95. The molecule has 1 aliphatic heterocycles. The Morgan fingerprint density at radius 3 is 2.58 bits per heavy atom. The maximum Gasteiger partial charge on any atom is 0.293 e. The number of ether oxygens (including phenoxy) is 1. The molecule has 3 aromatic rings. The van der Waals surface area contributed by atoms with Gasteiger partial charge in [0, 0.05) is 42.5 Å². The van der Waals surface area contributed by atoms with Gasteiger partial charge in [-0.1, -0.05) is 30.3 Å². The maximum atomic E-state index is 12.7. The van der Waals surface area contributed by atoms with Crippen LogP contribution in [0.1, 0.15) is 32.9 Å². The molecule has 0 aliphatic carbocycles. The van der Waals surface area contributed by atoms with Gasteiger partial charge in [0.2, 0.25) is 0 Å². The molecule has 1 amide bonds. The fourth-order valence-corrected chi connectivity index (χ4v) is 4.00. The van der Waals surface area contributed by atoms with Crippen molar-refractivity contribution in [3.63, 3.8) is 0 Å². The first-order valence-electron chi connectivity index (χ1n) is 10.9. The summed E-state index contributed by atoms with van der Waals surface area (Å²) in [5.41, 5.74) is 4.57. The van der Waals surface area contributed by atoms with Crippen LogP contribution in [0.5, 0.6) is 0 Å². The summed E-state index contributed by atoms with van der Waals surface area (Å²) in [6.45, 7) is 6.91. The molecule has 0 spiro atoms. The van der Waals surface area contributed by atoms with Crippen molar-refractivity contribution in [2.45, 2.75) is 26.9 Å². The van der Waals surface area contributed by atoms with Crippen molar-refractivity contribution in [3.05, 3.63) is 86.7 Å². The molecule has 9 nitrogen and oxygen atoms in total. The van der Waals surface area contributed by atoms with Crippen LogP contribution in [0.3, 0.4) is 0 Å². The highest BCUT2D eigenvalue weighted by Crippen LogP contribution is 2.28. The number of nitro groups is 1. The molecule has 0 atom stereocenters. The molecule has 4 rings (SSSR count). The van der Waals surface area contributed by atoms with E-state index in [2.05, 4.69) is 22.5 Å². The van der Waals surface area contributed by atoms with Crippen molar-refractivity contribution >= 4 is 17.3 Å². The van der Waals surface area contributed by atoms with Crippen molar-refractivity contribution < 1.29 is 14.5 Å². The molecule has 0 bridgehead atoms. The molecule has 1 fully saturated rings. The monoisotopic (exact) mass is 449 g/mol. The topological polar surface area (TPSA) is 103 Å². The third kappa shape index (κ3) is 5.04. The molecular formula is C24H27N5O4. The standard InChI is InChI=1S/C24H27N5O4/c1-17-21(18(2)28(26-17)16-19-6-4-3-5-7-19)15-25-22-9-8-20(14-23(22)29(31)32)24(30)27-10-12-33-13-11-27/h3-9,14,25H,10-13,15-16H2,1-2H3. The first-order valence-corrected chi connectivity index (χ1v) is 10.9. The van der Waals surface area contributed by atoms with Crippen LogP contribution >= 0.6 is 0 Å². The van der Waals surface area contributed by atoms with Crippen LogP contribution in [0.4, 0.5) is 11.4 Å². The van der Waals surface area contributed by atoms with Crippen molar-refractivity contribution in [1.29, 1.82) is 0 Å². The first-order chi connectivity index (χ1) is 15.9. The van der Waals surface area contributed by atoms with Crippen LogP contribution < -0.4 is 5.32 Å². The summed E-state index contributed by atoms with van der Waals surface area (Å²) in [4.78, 5) is 25.6. The molecule has 1 aliphatic rings. The van der Waals surface area contributed by atoms with Gasteiger partial charge in [0.25, 0.3) is 11.6 Å². The largest absolute Gasteiger partial charge is 0.378 e. The van der Waals surface area contributed by atoms with Crippen LogP contribution in [0.15, 0.2) is 48.5 Å². The highest BCUT2D eigenvalue weighted by Gasteiger charge is 2.23. The van der Waals surface area contributed by atoms with Crippen molar-refractivity contribution in [2.24, 2.45) is 0 Å². The molecular weight excluding hydrogens is 422 g/mol. The van der Waals surface area contributed by atoms with Gasteiger partial charge in [-0.2, -0.15) is 5.10 Å². The average molecular weight is 450 g/mol. The van der Waals surface area contributed by atoms with Gasteiger partial charge in [0.1, 0.15) is 5.69 Å². The van der Waals surface area contributed by atoms with Crippen LogP contribution in [0, 0.1) is 24.0 Å². The lowest BCUT2D eigenvalue weighted by molar-refractivity contribution is -0.384. The summed E-state index contributed by atoms with van der Waals surface area (Å²) in [6.07, 6.45) is 0. The Hall–Kier alpha value is -3.72. The van der Waals surface area contributed by atoms with E-state index in [4.69, 9.17) is 4.74 Å². The van der Waals surface area contributed by atoms with E-state index in [9.17, 15) is 14.9 Å². The predicted octanol–water partition coefficient (Wildman–Crippen LogP) is 3.54. The number of aromatic nitrogens is 2. The number of carbonyl (C=O) groups is 1. The summed E-state index contributed by atoms with van der Waals surface area (Å²) in [6, 6.07) is 14.7. The lowest BCUT2D eigenvalue weighted by Gasteiger charge is -2.26. The first kappa shape index (κ1) is 22.5. The summed E-state index contributed by atoms with van der Waals surface area (Å²) >= 11 is 0. The molecule has 2 heterocycles. The predicted molar refractivity (Wildman–Crippen MR) is 124 cm³/mol. The Kier molecular flexibility index (Phi) is 6.69. The number of hydrogen-bond donors (Lipinski definition) is 1. The zero-order valence-electron chi connectivity index (χ0n) is 18.8. The molecule has 1 N–H and O–H groups in total. The Morgan fingerprint density at radius 1 is 1.15 bits per heavy atom. The van der Waals surface area contributed by atoms with E-state index in [-0.39, 0.29) is 11.6 Å². The van der Waals surface area contributed by atoms with Gasteiger partial charge in [0.05, 0.1) is 30.4 Å². The lowest BCUT2D eigenvalue weighted by atomic mass is 10.1. The van der Waals surface area contributed by atoms with Gasteiger partial charge in [-0.05, 0) is 31.5 Å². The van der Waals surface area contributed by atoms with E-state index in [1.165, 1.54) is 6.07 Å². The molecule has 1 saturated heterocycles. The molecule has 1 aromatic heterocycles. The van der Waals surface area contributed by atoms with E-state index < -0.39 is 4.92 Å². The van der Waals surface area contributed by atoms with E-state index in [1.807, 2.05) is 36.7 Å². The number of nitrogens with zero attached hydrogens (tertiary/aromatic N) is 4. The minimum Gasteiger partial charge on any atom is -0.378 e. The van der Waals surface area contributed by atoms with E-state index in [0.717, 1.165) is 22.5 Å². The Bertz CT molecular complexity index is 1150. The molecule has 0 unspecified atom stereocenters. The van der Waals surface area contributed by atoms with Gasteiger partial charge >= 0.3 is 0 Å². The number of morpholine rings is 1. The summed E-state index contributed by atoms with van der Waals surface area (Å²) in [7, 11) is 0. The molecule has 2 aromatic carbocycles. The van der Waals surface area contributed by atoms with Crippen LogP contribution in [-0.2, 0) is 17.8 Å². The average Bonchev–Trinajstić information content (AvgIpc) is 3.10. The van der Waals surface area contributed by atoms with E-state index >= 15 is 0 Å². The number of amides is 1. The van der Waals surface area contributed by atoms with Crippen LogP contribution in [-0.4, -0.2) is 51.8 Å². The third-order valence-electron chi connectivity index (χ3n) is 5.90. The zero-order valence-corrected chi connectivity index (χ0v) is 18.8. The van der Waals surface area contributed by atoms with Crippen LogP contribution in [0.25, 0.3) is 0 Å². The number of hydrogen-bond acceptors (Lipinski definition) is 6. The highest BCUT2D eigenvalue weighted by atomic mass is 16.6. The minimum atomic E-state index is -0.461. The van der Waals surface area contributed by atoms with Crippen molar-refractivity contribution in [2.75, 3.05) is 31.6 Å². The van der Waals surface area contributed by atoms with Gasteiger partial charge in [-0.15, -0.1) is 0 Å². The molecule has 172 valence electrons. The van der Waals surface area contributed by atoms with Gasteiger partial charge < -0.3 is 15.0 Å². The Morgan fingerprint density at radius 2 is 1.88 bits per heavy atom. The fraction of sp³-hybridized carbons (Fsp3) is 0.333. The SMILES string of the molecule is Cc1nn(Cc2ccccc2)c(C)c1CNc1ccc(C(=O)N2CCOCC2)cc1[N+](=O)[O-]. The smallest absolute Gasteiger partial charge is 0.293 e. The number of nitro benzene ring substituents is 1. The number of nitrogens with one attached hydrogen (secondary N) is 1. The van der Waals surface area contributed by atoms with Crippen molar-refractivity contribution in [3.8, 4) is 0 Å². The number of benzene rings is 2. The Labute approximate surface area is 192 Å². The number of aryl methyl sites for hydroxylation is 1. The second-order valence-electron chi connectivity index (χ2n) is 8.04. The third-order valence-corrected chi connectivity index (χ3v) is 5.90. The fourth-order valence-electron chi connectivity index (χ4n) is 4.00. The Balaban J connectivity index is 1.51. The van der Waals surface area contributed by atoms with E-state index in [1.54, 1.807) is 17.0 Å². The number of anilines is 1. The van der Waals surface area contributed by atoms with Crippen molar-refractivity contribution in [1.82, 2.24) is 14.7 Å². The molecule has 0 radical (unpaired) electrons. The number of carbonyl (C=O) groups excluding carboxylic acids is 1. The minimum absolute atomic E-state index is 0.124. The van der Waals surface area contributed by atoms with Crippen LogP contribution in [0.2, 0.25) is 0 Å². The van der Waals surface area contributed by atoms with Gasteiger partial charge in [-0.25, -0.2) is 0 Å². The van der Waals surface area contributed by atoms with E-state index in [0.29, 0.717) is 50.6 Å². The van der Waals surface area contributed by atoms with Gasteiger partial charge in [-0.3, -0.25) is 19.6 Å². The lowest BCUT2D eigenvalue weighted by Crippen LogP contribution is -2.40. The second-order valence-corrected chi connectivity index (χ2v) is 8.04. The summed E-state index contributed by atoms with van der Waals surface area (Å²) in [5, 5.41) is 19.6. The molecule has 0 saturated carbocycles. The molecule has 9 heteroatoms. The number of rotatable bonds is 7. The summed E-state index contributed by atoms with van der Waals surface area (Å²) < 4.78 is 7.22. The maximum absolute atomic E-state index is 12.7. The second kappa shape index (κ2) is 9.83. The zero-order chi connectivity index (χ0) is 23.4.